The second kappa shape index (κ2) is 6.99. The fraction of sp³-hybridized carbons (Fsp3) is 0.143. The Kier molecular flexibility index (Phi) is 5.05. The minimum atomic E-state index is 0.0780. The number of aryl methyl sites for hydroxylation is 1. The van der Waals surface area contributed by atoms with Crippen LogP contribution in [0, 0.1) is 7.14 Å². The van der Waals surface area contributed by atoms with E-state index in [4.69, 9.17) is 0 Å². The van der Waals surface area contributed by atoms with Crippen LogP contribution in [0.3, 0.4) is 0 Å². The number of thiazole rings is 1. The normalized spacial score (nSPS) is 11.1. The molecule has 0 fully saturated rings. The van der Waals surface area contributed by atoms with Crippen LogP contribution in [-0.2, 0) is 6.42 Å². The summed E-state index contributed by atoms with van der Waals surface area (Å²) >= 11 is 4.11. The molecule has 2 aromatic heterocycles. The Bertz CT molecular complexity index is 662. The molecule has 3 nitrogen and oxygen atoms in total. The van der Waals surface area contributed by atoms with Crippen LogP contribution >= 0.6 is 33.9 Å². The second-order valence-electron chi connectivity index (χ2n) is 4.08. The minimum absolute atomic E-state index is 0.0780. The molecule has 104 valence electrons. The molecule has 0 aliphatic rings. The number of aromatic nitrogens is 3. The number of hydrogen-bond acceptors (Lipinski definition) is 3. The third kappa shape index (κ3) is 3.79. The molecule has 0 spiro atoms. The molecule has 6 heteroatoms. The molecular weight excluding hydrogens is 496 g/mol. The van der Waals surface area contributed by atoms with Crippen LogP contribution in [0.1, 0.15) is 5.01 Å². The summed E-state index contributed by atoms with van der Waals surface area (Å²) in [6, 6.07) is 8.78. The van der Waals surface area contributed by atoms with Gasteiger partial charge >= 0.3 is 147 Å². The van der Waals surface area contributed by atoms with Gasteiger partial charge in [-0.15, -0.1) is 0 Å². The van der Waals surface area contributed by atoms with Gasteiger partial charge in [-0.3, -0.25) is 0 Å². The summed E-state index contributed by atoms with van der Waals surface area (Å²) in [5.41, 5.74) is 1.13. The molecule has 2 heterocycles. The van der Waals surface area contributed by atoms with Crippen LogP contribution in [0.2, 0.25) is 0 Å². The fourth-order valence-corrected chi connectivity index (χ4v) is 5.38. The van der Waals surface area contributed by atoms with Crippen molar-refractivity contribution in [1.29, 1.82) is 0 Å². The van der Waals surface area contributed by atoms with Crippen molar-refractivity contribution in [3.8, 4) is 5.69 Å². The number of nitrogens with zero attached hydrogens (tertiary/aromatic N) is 3. The molecule has 0 aliphatic carbocycles. The molecule has 0 saturated carbocycles. The quantitative estimate of drug-likeness (QED) is 0.370. The third-order valence-corrected chi connectivity index (χ3v) is 6.76. The van der Waals surface area contributed by atoms with E-state index >= 15 is 0 Å². The maximum atomic E-state index is 4.33. The first kappa shape index (κ1) is 14.5. The topological polar surface area (TPSA) is 30.7 Å². The second-order valence-corrected chi connectivity index (χ2v) is 9.39. The van der Waals surface area contributed by atoms with E-state index in [0.717, 1.165) is 15.7 Å². The predicted octanol–water partition coefficient (Wildman–Crippen LogP) is 0.435. The summed E-state index contributed by atoms with van der Waals surface area (Å²) in [4.78, 5) is 4.33. The monoisotopic (exact) mass is 508 g/mol. The maximum absolute atomic E-state index is 4.33. The van der Waals surface area contributed by atoms with E-state index in [2.05, 4.69) is 56.9 Å². The first-order valence-corrected chi connectivity index (χ1v) is 10.7. The van der Waals surface area contributed by atoms with Crippen LogP contribution in [0.5, 0.6) is 0 Å². The molecule has 0 amide bonds. The van der Waals surface area contributed by atoms with Crippen LogP contribution < -0.4 is 21.2 Å². The van der Waals surface area contributed by atoms with Gasteiger partial charge in [-0.05, 0) is 0 Å². The zero-order chi connectivity index (χ0) is 13.8. The Balaban J connectivity index is 1.58. The number of rotatable bonds is 5. The van der Waals surface area contributed by atoms with E-state index in [1.54, 1.807) is 11.3 Å². The van der Waals surface area contributed by atoms with Gasteiger partial charge in [-0.1, -0.05) is 0 Å². The summed E-state index contributed by atoms with van der Waals surface area (Å²) < 4.78 is 5.80. The molecule has 0 N–H and O–H groups in total. The van der Waals surface area contributed by atoms with E-state index < -0.39 is 0 Å². The number of benzene rings is 1. The molecule has 3 rings (SSSR count). The van der Waals surface area contributed by atoms with E-state index in [9.17, 15) is 0 Å². The van der Waals surface area contributed by atoms with Gasteiger partial charge in [0.05, 0.1) is 0 Å². The van der Waals surface area contributed by atoms with E-state index in [-0.39, 0.29) is 21.2 Å². The van der Waals surface area contributed by atoms with Gasteiger partial charge in [0, 0.05) is 0 Å². The van der Waals surface area contributed by atoms with Gasteiger partial charge in [0.25, 0.3) is 0 Å². The summed E-state index contributed by atoms with van der Waals surface area (Å²) in [7, 11) is 0. The van der Waals surface area contributed by atoms with Gasteiger partial charge in [-0.25, -0.2) is 0 Å². The molecule has 0 bridgehead atoms. The van der Waals surface area contributed by atoms with Gasteiger partial charge in [0.15, 0.2) is 0 Å². The molecule has 0 aliphatic heterocycles. The number of alkyl halides is 1. The van der Waals surface area contributed by atoms with Gasteiger partial charge in [0.2, 0.25) is 0 Å². The predicted molar refractivity (Wildman–Crippen MR) is 85.7 cm³/mol. The summed E-state index contributed by atoms with van der Waals surface area (Å²) in [5, 5.41) is 7.63. The molecule has 0 saturated heterocycles. The van der Waals surface area contributed by atoms with Gasteiger partial charge in [0.1, 0.15) is 0 Å². The molecule has 0 radical (unpaired) electrons. The SMILES string of the molecule is Ic1cnn(-c2ccc([I-]CCc3nccs3)cc2)c1. The zero-order valence-corrected chi connectivity index (χ0v) is 15.7. The molecule has 1 aromatic carbocycles. The summed E-state index contributed by atoms with van der Waals surface area (Å²) in [6.07, 6.45) is 6.91. The number of hydrogen-bond donors (Lipinski definition) is 0. The van der Waals surface area contributed by atoms with E-state index in [1.165, 1.54) is 13.0 Å². The average Bonchev–Trinajstić information content (AvgIpc) is 3.11. The van der Waals surface area contributed by atoms with Crippen molar-refractivity contribution in [3.05, 3.63) is 60.4 Å². The Morgan fingerprint density at radius 2 is 2.10 bits per heavy atom. The van der Waals surface area contributed by atoms with E-state index in [0.29, 0.717) is 0 Å². The standard InChI is InChI=1S/C14H12I2N3S/c15-11-9-18-19(10-11)13-3-1-12(2-4-13)16-6-5-14-17-7-8-20-14/h1-4,7-10H,5-6H2/q-1. The van der Waals surface area contributed by atoms with Crippen molar-refractivity contribution >= 4 is 33.9 Å². The molecular formula is C14H12I2N3S-. The third-order valence-electron chi connectivity index (χ3n) is 2.68. The van der Waals surface area contributed by atoms with Crippen molar-refractivity contribution in [2.24, 2.45) is 0 Å². The van der Waals surface area contributed by atoms with Crippen molar-refractivity contribution in [2.75, 3.05) is 4.43 Å². The Morgan fingerprint density at radius 3 is 2.75 bits per heavy atom. The molecule has 0 atom stereocenters. The van der Waals surface area contributed by atoms with Crippen LogP contribution in [0.25, 0.3) is 5.69 Å². The van der Waals surface area contributed by atoms with Crippen molar-refractivity contribution in [2.45, 2.75) is 6.42 Å². The van der Waals surface area contributed by atoms with Crippen LogP contribution in [0.4, 0.5) is 0 Å². The molecule has 0 unspecified atom stereocenters. The van der Waals surface area contributed by atoms with Crippen molar-refractivity contribution in [1.82, 2.24) is 14.8 Å². The summed E-state index contributed by atoms with van der Waals surface area (Å²) in [6.45, 7) is 0. The fourth-order valence-electron chi connectivity index (χ4n) is 1.74. The Morgan fingerprint density at radius 1 is 1.25 bits per heavy atom. The number of halogens is 2. The first-order chi connectivity index (χ1) is 9.81. The summed E-state index contributed by atoms with van der Waals surface area (Å²) in [5.74, 6) is 0. The average molecular weight is 508 g/mol. The zero-order valence-electron chi connectivity index (χ0n) is 10.5. The van der Waals surface area contributed by atoms with Crippen LogP contribution in [-0.4, -0.2) is 19.2 Å². The first-order valence-electron chi connectivity index (χ1n) is 6.09. The Labute approximate surface area is 145 Å². The van der Waals surface area contributed by atoms with Gasteiger partial charge < -0.3 is 0 Å². The van der Waals surface area contributed by atoms with Gasteiger partial charge in [-0.2, -0.15) is 0 Å². The van der Waals surface area contributed by atoms with Crippen LogP contribution in [0.15, 0.2) is 48.2 Å². The Hall–Kier alpha value is -0.480. The van der Waals surface area contributed by atoms with Crippen molar-refractivity contribution in [3.63, 3.8) is 0 Å². The molecule has 20 heavy (non-hydrogen) atoms. The molecule has 3 aromatic rings. The van der Waals surface area contributed by atoms with E-state index in [1.807, 2.05) is 28.7 Å². The van der Waals surface area contributed by atoms with Crippen molar-refractivity contribution < 1.29 is 21.2 Å².